The van der Waals surface area contributed by atoms with Crippen molar-refractivity contribution in [3.8, 4) is 0 Å². The number of benzene rings is 1. The summed E-state index contributed by atoms with van der Waals surface area (Å²) in [5, 5.41) is 13.6. The van der Waals surface area contributed by atoms with Gasteiger partial charge in [-0.2, -0.15) is 0 Å². The van der Waals surface area contributed by atoms with Gasteiger partial charge in [0.2, 0.25) is 0 Å². The number of halogens is 1. The van der Waals surface area contributed by atoms with Gasteiger partial charge in [0, 0.05) is 16.0 Å². The molecule has 19 heavy (non-hydrogen) atoms. The van der Waals surface area contributed by atoms with E-state index in [-0.39, 0.29) is 12.5 Å². The van der Waals surface area contributed by atoms with Gasteiger partial charge in [0.25, 0.3) is 0 Å². The van der Waals surface area contributed by atoms with E-state index in [2.05, 4.69) is 33.2 Å². The van der Waals surface area contributed by atoms with Gasteiger partial charge in [0.1, 0.15) is 6.26 Å². The highest BCUT2D eigenvalue weighted by atomic mass is 79.9. The maximum absolute atomic E-state index is 9.42. The van der Waals surface area contributed by atoms with Crippen LogP contribution in [0.25, 0.3) is 0 Å². The number of aliphatic hydroxyl groups excluding tert-OH is 1. The van der Waals surface area contributed by atoms with Crippen LogP contribution in [0, 0.1) is 5.92 Å². The molecule has 4 heteroatoms. The van der Waals surface area contributed by atoms with Crippen LogP contribution in [0.2, 0.25) is 0 Å². The largest absolute Gasteiger partial charge is 0.391 e. The second-order valence-electron chi connectivity index (χ2n) is 5.11. The number of rotatable bonds is 4. The van der Waals surface area contributed by atoms with Crippen LogP contribution in [0.4, 0.5) is 0 Å². The maximum atomic E-state index is 9.42. The summed E-state index contributed by atoms with van der Waals surface area (Å²) in [6, 6.07) is 8.34. The van der Waals surface area contributed by atoms with Crippen LogP contribution in [0.15, 0.2) is 39.5 Å². The first-order valence-electron chi connectivity index (χ1n) is 6.59. The molecule has 1 unspecified atom stereocenters. The van der Waals surface area contributed by atoms with E-state index in [1.54, 1.807) is 6.26 Å². The average Bonchev–Trinajstić information content (AvgIpc) is 2.81. The van der Waals surface area contributed by atoms with E-state index in [0.29, 0.717) is 5.92 Å². The molecule has 0 saturated heterocycles. The zero-order chi connectivity index (χ0) is 13.2. The lowest BCUT2D eigenvalue weighted by Crippen LogP contribution is -2.22. The Morgan fingerprint density at radius 3 is 2.89 bits per heavy atom. The summed E-state index contributed by atoms with van der Waals surface area (Å²) in [5.41, 5.74) is 2.94. The first-order valence-corrected chi connectivity index (χ1v) is 7.38. The van der Waals surface area contributed by atoms with E-state index in [1.165, 1.54) is 24.8 Å². The summed E-state index contributed by atoms with van der Waals surface area (Å²) >= 11 is 3.53. The first kappa shape index (κ1) is 12.9. The lowest BCUT2D eigenvalue weighted by Gasteiger charge is -2.33. The Hall–Kier alpha value is -1.13. The van der Waals surface area contributed by atoms with E-state index in [4.69, 9.17) is 4.52 Å². The Morgan fingerprint density at radius 1 is 1.42 bits per heavy atom. The summed E-state index contributed by atoms with van der Waals surface area (Å²) in [7, 11) is 0. The van der Waals surface area contributed by atoms with Gasteiger partial charge < -0.3 is 9.63 Å². The molecule has 1 aromatic carbocycles. The highest BCUT2D eigenvalue weighted by Gasteiger charge is 2.33. The number of aliphatic hydroxyl groups is 1. The quantitative estimate of drug-likeness (QED) is 0.930. The zero-order valence-corrected chi connectivity index (χ0v) is 12.1. The number of nitrogens with zero attached hydrogens (tertiary/aromatic N) is 1. The predicted octanol–water partition coefficient (Wildman–Crippen LogP) is 3.86. The molecule has 3 rings (SSSR count). The summed E-state index contributed by atoms with van der Waals surface area (Å²) in [6.07, 6.45) is 5.27. The molecule has 1 N–H and O–H groups in total. The van der Waals surface area contributed by atoms with Crippen molar-refractivity contribution >= 4 is 15.9 Å². The van der Waals surface area contributed by atoms with Crippen molar-refractivity contribution in [2.24, 2.45) is 5.92 Å². The molecule has 100 valence electrons. The van der Waals surface area contributed by atoms with Crippen molar-refractivity contribution in [3.05, 3.63) is 51.8 Å². The molecule has 1 aliphatic carbocycles. The van der Waals surface area contributed by atoms with Crippen molar-refractivity contribution in [2.45, 2.75) is 31.8 Å². The fraction of sp³-hybridized carbons (Fsp3) is 0.400. The number of hydrogen-bond donors (Lipinski definition) is 1. The molecule has 0 radical (unpaired) electrons. The number of aromatic nitrogens is 1. The molecule has 2 aromatic rings. The number of hydrogen-bond acceptors (Lipinski definition) is 3. The van der Waals surface area contributed by atoms with E-state index in [1.807, 2.05) is 12.1 Å². The summed E-state index contributed by atoms with van der Waals surface area (Å²) in [5.74, 6) is 0.830. The smallest absolute Gasteiger partial charge is 0.129 e. The molecule has 1 fully saturated rings. The van der Waals surface area contributed by atoms with Crippen molar-refractivity contribution < 1.29 is 9.63 Å². The standard InChI is InChI=1S/C15H16BrNO2/c16-13-6-2-5-11(7-13)14(10-3-1-4-10)15-12(8-18)9-19-17-15/h2,5-7,9-10,14,18H,1,3-4,8H2. The van der Waals surface area contributed by atoms with Crippen LogP contribution >= 0.6 is 15.9 Å². The van der Waals surface area contributed by atoms with Crippen molar-refractivity contribution in [2.75, 3.05) is 0 Å². The molecule has 3 nitrogen and oxygen atoms in total. The van der Waals surface area contributed by atoms with Gasteiger partial charge in [-0.25, -0.2) is 0 Å². The SMILES string of the molecule is OCc1conc1C(c1cccc(Br)c1)C1CCC1. The molecule has 1 heterocycles. The molecular weight excluding hydrogens is 306 g/mol. The minimum atomic E-state index is -0.0178. The average molecular weight is 322 g/mol. The highest BCUT2D eigenvalue weighted by Crippen LogP contribution is 2.44. The summed E-state index contributed by atoms with van der Waals surface area (Å²) < 4.78 is 6.14. The van der Waals surface area contributed by atoms with Crippen LogP contribution in [0.5, 0.6) is 0 Å². The van der Waals surface area contributed by atoms with Crippen LogP contribution in [0.3, 0.4) is 0 Å². The Morgan fingerprint density at radius 2 is 2.26 bits per heavy atom. The van der Waals surface area contributed by atoms with Gasteiger partial charge in [-0.1, -0.05) is 39.6 Å². The molecule has 1 saturated carbocycles. The fourth-order valence-corrected chi connectivity index (χ4v) is 3.18. The lowest BCUT2D eigenvalue weighted by molar-refractivity contribution is 0.263. The third-order valence-electron chi connectivity index (χ3n) is 3.97. The second kappa shape index (κ2) is 5.47. The Labute approximate surface area is 120 Å². The van der Waals surface area contributed by atoms with E-state index < -0.39 is 0 Å². The molecular formula is C15H16BrNO2. The Bertz CT molecular complexity index is 563. The predicted molar refractivity (Wildman–Crippen MR) is 75.8 cm³/mol. The van der Waals surface area contributed by atoms with Gasteiger partial charge in [-0.15, -0.1) is 0 Å². The van der Waals surface area contributed by atoms with Gasteiger partial charge in [-0.3, -0.25) is 0 Å². The molecule has 1 aliphatic rings. The molecule has 0 spiro atoms. The maximum Gasteiger partial charge on any atom is 0.129 e. The molecule has 0 amide bonds. The van der Waals surface area contributed by atoms with E-state index in [9.17, 15) is 5.11 Å². The van der Waals surface area contributed by atoms with Crippen LogP contribution < -0.4 is 0 Å². The van der Waals surface area contributed by atoms with Crippen LogP contribution in [-0.4, -0.2) is 10.3 Å². The van der Waals surface area contributed by atoms with E-state index >= 15 is 0 Å². The summed E-state index contributed by atoms with van der Waals surface area (Å²) in [6.45, 7) is -0.0178. The Kier molecular flexibility index (Phi) is 3.71. The van der Waals surface area contributed by atoms with E-state index in [0.717, 1.165) is 15.7 Å². The van der Waals surface area contributed by atoms with Crippen LogP contribution in [0.1, 0.15) is 42.0 Å². The topological polar surface area (TPSA) is 46.3 Å². The molecule has 0 aliphatic heterocycles. The first-order chi connectivity index (χ1) is 9.29. The minimum Gasteiger partial charge on any atom is -0.391 e. The van der Waals surface area contributed by atoms with Crippen LogP contribution in [-0.2, 0) is 6.61 Å². The van der Waals surface area contributed by atoms with Gasteiger partial charge in [-0.05, 0) is 36.5 Å². The summed E-state index contributed by atoms with van der Waals surface area (Å²) in [4.78, 5) is 0. The third kappa shape index (κ3) is 2.47. The molecule has 1 atom stereocenters. The fourth-order valence-electron chi connectivity index (χ4n) is 2.77. The second-order valence-corrected chi connectivity index (χ2v) is 6.02. The third-order valence-corrected chi connectivity index (χ3v) is 4.46. The Balaban J connectivity index is 2.02. The van der Waals surface area contributed by atoms with Crippen molar-refractivity contribution in [1.82, 2.24) is 5.16 Å². The normalized spacial score (nSPS) is 17.2. The highest BCUT2D eigenvalue weighted by molar-refractivity contribution is 9.10. The lowest BCUT2D eigenvalue weighted by atomic mass is 9.71. The minimum absolute atomic E-state index is 0.0178. The van der Waals surface area contributed by atoms with Gasteiger partial charge in [0.05, 0.1) is 12.3 Å². The van der Waals surface area contributed by atoms with Gasteiger partial charge >= 0.3 is 0 Å². The van der Waals surface area contributed by atoms with Crippen molar-refractivity contribution in [1.29, 1.82) is 0 Å². The monoisotopic (exact) mass is 321 g/mol. The zero-order valence-electron chi connectivity index (χ0n) is 10.6. The van der Waals surface area contributed by atoms with Gasteiger partial charge in [0.15, 0.2) is 0 Å². The van der Waals surface area contributed by atoms with Crippen molar-refractivity contribution in [3.63, 3.8) is 0 Å². The molecule has 0 bridgehead atoms. The molecule has 1 aromatic heterocycles.